The fourth-order valence-corrected chi connectivity index (χ4v) is 1.62. The molecule has 0 unspecified atom stereocenters. The van der Waals surface area contributed by atoms with Gasteiger partial charge in [0.1, 0.15) is 17.5 Å². The number of amidine groups is 1. The average Bonchev–Trinajstić information content (AvgIpc) is 2.78. The molecule has 2 rings (SSSR count). The number of nitrogen functional groups attached to an aromatic ring is 1. The maximum Gasteiger partial charge on any atom is 0.138 e. The van der Waals surface area contributed by atoms with Gasteiger partial charge in [-0.25, -0.2) is 9.97 Å². The maximum atomic E-state index is 7.31. The van der Waals surface area contributed by atoms with Crippen LogP contribution in [0.25, 0.3) is 5.82 Å². The third-order valence-corrected chi connectivity index (χ3v) is 2.49. The predicted octanol–water partition coefficient (Wildman–Crippen LogP) is 1.67. The van der Waals surface area contributed by atoms with E-state index in [1.807, 2.05) is 16.8 Å². The van der Waals surface area contributed by atoms with Crippen molar-refractivity contribution in [3.63, 3.8) is 0 Å². The van der Waals surface area contributed by atoms with Crippen LogP contribution in [0.15, 0.2) is 30.7 Å². The Morgan fingerprint density at radius 2 is 2.12 bits per heavy atom. The summed E-state index contributed by atoms with van der Waals surface area (Å²) in [6.45, 7) is 4.17. The van der Waals surface area contributed by atoms with Crippen LogP contribution >= 0.6 is 0 Å². The minimum absolute atomic E-state index is 0.0266. The quantitative estimate of drug-likeness (QED) is 0.620. The molecule has 0 aliphatic heterocycles. The molecule has 2 aromatic rings. The van der Waals surface area contributed by atoms with Crippen molar-refractivity contribution in [1.82, 2.24) is 14.5 Å². The van der Waals surface area contributed by atoms with Crippen LogP contribution in [-0.2, 0) is 0 Å². The van der Waals surface area contributed by atoms with Gasteiger partial charge in [-0.05, 0) is 12.1 Å². The highest BCUT2D eigenvalue weighted by atomic mass is 15.1. The predicted molar refractivity (Wildman–Crippen MR) is 66.5 cm³/mol. The lowest BCUT2D eigenvalue weighted by molar-refractivity contribution is 0.744. The van der Waals surface area contributed by atoms with Crippen LogP contribution in [0.1, 0.15) is 31.2 Å². The molecule has 0 spiro atoms. The second kappa shape index (κ2) is 4.37. The van der Waals surface area contributed by atoms with Gasteiger partial charge in [0.2, 0.25) is 0 Å². The lowest BCUT2D eigenvalue weighted by Crippen LogP contribution is -2.12. The molecule has 0 aromatic carbocycles. The molecule has 0 amide bonds. The number of hydrogen-bond donors (Lipinski definition) is 2. The Hall–Kier alpha value is -2.17. The number of nitrogens with zero attached hydrogens (tertiary/aromatic N) is 3. The van der Waals surface area contributed by atoms with Gasteiger partial charge >= 0.3 is 0 Å². The molecule has 0 aliphatic rings. The first-order chi connectivity index (χ1) is 8.09. The first-order valence-corrected chi connectivity index (χ1v) is 5.43. The molecule has 5 heteroatoms. The van der Waals surface area contributed by atoms with E-state index in [0.29, 0.717) is 11.5 Å². The lowest BCUT2D eigenvalue weighted by Gasteiger charge is -2.09. The molecular formula is C12H15N5. The van der Waals surface area contributed by atoms with Crippen molar-refractivity contribution in [2.24, 2.45) is 5.73 Å². The number of imidazole rings is 1. The SMILES string of the molecule is CC(C)c1nccn1-c1ccc(C(=N)N)cn1. The van der Waals surface area contributed by atoms with E-state index in [0.717, 1.165) is 11.6 Å². The zero-order valence-electron chi connectivity index (χ0n) is 9.88. The molecule has 5 nitrogen and oxygen atoms in total. The summed E-state index contributed by atoms with van der Waals surface area (Å²) in [5.41, 5.74) is 6.01. The van der Waals surface area contributed by atoms with Crippen molar-refractivity contribution in [2.45, 2.75) is 19.8 Å². The van der Waals surface area contributed by atoms with Gasteiger partial charge in [0, 0.05) is 30.1 Å². The van der Waals surface area contributed by atoms with Crippen molar-refractivity contribution in [3.8, 4) is 5.82 Å². The molecule has 0 bridgehead atoms. The zero-order chi connectivity index (χ0) is 12.4. The minimum Gasteiger partial charge on any atom is -0.384 e. The summed E-state index contributed by atoms with van der Waals surface area (Å²) in [5.74, 6) is 2.11. The van der Waals surface area contributed by atoms with Crippen LogP contribution < -0.4 is 5.73 Å². The Kier molecular flexibility index (Phi) is 2.91. The highest BCUT2D eigenvalue weighted by molar-refractivity contribution is 5.94. The Bertz CT molecular complexity index is 524. The number of aromatic nitrogens is 3. The van der Waals surface area contributed by atoms with E-state index in [1.54, 1.807) is 18.5 Å². The number of rotatable bonds is 3. The summed E-state index contributed by atoms with van der Waals surface area (Å²) in [7, 11) is 0. The summed E-state index contributed by atoms with van der Waals surface area (Å²) < 4.78 is 1.94. The van der Waals surface area contributed by atoms with Gasteiger partial charge in [-0.3, -0.25) is 9.98 Å². The van der Waals surface area contributed by atoms with Crippen LogP contribution in [-0.4, -0.2) is 20.4 Å². The van der Waals surface area contributed by atoms with Crippen molar-refractivity contribution in [1.29, 1.82) is 5.41 Å². The second-order valence-corrected chi connectivity index (χ2v) is 4.13. The van der Waals surface area contributed by atoms with E-state index < -0.39 is 0 Å². The van der Waals surface area contributed by atoms with E-state index in [1.165, 1.54) is 0 Å². The van der Waals surface area contributed by atoms with Crippen LogP contribution in [0.5, 0.6) is 0 Å². The first-order valence-electron chi connectivity index (χ1n) is 5.43. The van der Waals surface area contributed by atoms with Crippen molar-refractivity contribution >= 4 is 5.84 Å². The molecule has 0 fully saturated rings. The third-order valence-electron chi connectivity index (χ3n) is 2.49. The molecule has 0 saturated carbocycles. The van der Waals surface area contributed by atoms with Gasteiger partial charge in [0.15, 0.2) is 0 Å². The van der Waals surface area contributed by atoms with Crippen LogP contribution in [0.4, 0.5) is 0 Å². The summed E-state index contributed by atoms with van der Waals surface area (Å²) >= 11 is 0. The van der Waals surface area contributed by atoms with Crippen LogP contribution in [0.2, 0.25) is 0 Å². The van der Waals surface area contributed by atoms with Crippen molar-refractivity contribution in [3.05, 3.63) is 42.1 Å². The van der Waals surface area contributed by atoms with Gasteiger partial charge in [-0.2, -0.15) is 0 Å². The molecule has 0 radical (unpaired) electrons. The smallest absolute Gasteiger partial charge is 0.138 e. The average molecular weight is 229 g/mol. The maximum absolute atomic E-state index is 7.31. The fraction of sp³-hybridized carbons (Fsp3) is 0.250. The first kappa shape index (κ1) is 11.3. The van der Waals surface area contributed by atoms with Gasteiger partial charge in [0.05, 0.1) is 0 Å². The molecule has 88 valence electrons. The van der Waals surface area contributed by atoms with E-state index in [-0.39, 0.29) is 5.84 Å². The van der Waals surface area contributed by atoms with Gasteiger partial charge in [-0.1, -0.05) is 13.8 Å². The minimum atomic E-state index is 0.0266. The molecule has 0 saturated heterocycles. The fourth-order valence-electron chi connectivity index (χ4n) is 1.62. The summed E-state index contributed by atoms with van der Waals surface area (Å²) in [6, 6.07) is 3.62. The van der Waals surface area contributed by atoms with Gasteiger partial charge in [-0.15, -0.1) is 0 Å². The molecule has 2 aromatic heterocycles. The van der Waals surface area contributed by atoms with E-state index in [9.17, 15) is 0 Å². The molecule has 0 atom stereocenters. The van der Waals surface area contributed by atoms with Crippen LogP contribution in [0, 0.1) is 5.41 Å². The van der Waals surface area contributed by atoms with E-state index >= 15 is 0 Å². The summed E-state index contributed by atoms with van der Waals surface area (Å²) in [6.07, 6.45) is 5.24. The Labute approximate surface area is 99.8 Å². The monoisotopic (exact) mass is 229 g/mol. The summed E-state index contributed by atoms with van der Waals surface area (Å²) in [5, 5.41) is 7.31. The Balaban J connectivity index is 2.40. The van der Waals surface area contributed by atoms with Crippen LogP contribution in [0.3, 0.4) is 0 Å². The van der Waals surface area contributed by atoms with Crippen molar-refractivity contribution in [2.75, 3.05) is 0 Å². The highest BCUT2D eigenvalue weighted by Gasteiger charge is 2.09. The largest absolute Gasteiger partial charge is 0.384 e. The number of nitrogens with two attached hydrogens (primary N) is 1. The zero-order valence-corrected chi connectivity index (χ0v) is 9.88. The van der Waals surface area contributed by atoms with Crippen molar-refractivity contribution < 1.29 is 0 Å². The topological polar surface area (TPSA) is 80.6 Å². The Morgan fingerprint density at radius 3 is 2.65 bits per heavy atom. The molecule has 17 heavy (non-hydrogen) atoms. The highest BCUT2D eigenvalue weighted by Crippen LogP contribution is 2.16. The van der Waals surface area contributed by atoms with Gasteiger partial charge < -0.3 is 5.73 Å². The molecule has 2 heterocycles. The number of nitrogens with one attached hydrogen (secondary N) is 1. The second-order valence-electron chi connectivity index (χ2n) is 4.13. The van der Waals surface area contributed by atoms with E-state index in [2.05, 4.69) is 23.8 Å². The molecule has 3 N–H and O–H groups in total. The molecule has 0 aliphatic carbocycles. The van der Waals surface area contributed by atoms with Gasteiger partial charge in [0.25, 0.3) is 0 Å². The lowest BCUT2D eigenvalue weighted by atomic mass is 10.2. The summed E-state index contributed by atoms with van der Waals surface area (Å²) in [4.78, 5) is 8.59. The third kappa shape index (κ3) is 2.18. The Morgan fingerprint density at radius 1 is 1.35 bits per heavy atom. The number of pyridine rings is 1. The standard InChI is InChI=1S/C12H15N5/c1-8(2)12-15-5-6-17(12)10-4-3-9(7-16-10)11(13)14/h3-8H,1-2H3,(H3,13,14). The normalized spacial score (nSPS) is 10.8. The molecular weight excluding hydrogens is 214 g/mol. The van der Waals surface area contributed by atoms with E-state index in [4.69, 9.17) is 11.1 Å². The number of hydrogen-bond acceptors (Lipinski definition) is 3.